The van der Waals surface area contributed by atoms with Gasteiger partial charge in [0.15, 0.2) is 0 Å². The fourth-order valence-corrected chi connectivity index (χ4v) is 4.99. The first-order valence-electron chi connectivity index (χ1n) is 9.16. The average molecular weight is 278 g/mol. The van der Waals surface area contributed by atoms with Gasteiger partial charge in [0, 0.05) is 18.1 Å². The molecule has 0 bridgehead atoms. The first kappa shape index (κ1) is 14.8. The van der Waals surface area contributed by atoms with Gasteiger partial charge < -0.3 is 10.6 Å². The summed E-state index contributed by atoms with van der Waals surface area (Å²) in [6.45, 7) is 6.19. The van der Waals surface area contributed by atoms with E-state index in [0.29, 0.717) is 5.41 Å². The van der Waals surface area contributed by atoms with Gasteiger partial charge >= 0.3 is 0 Å². The van der Waals surface area contributed by atoms with E-state index in [-0.39, 0.29) is 0 Å². The molecule has 2 nitrogen and oxygen atoms in total. The third-order valence-electron chi connectivity index (χ3n) is 6.36. The van der Waals surface area contributed by atoms with Crippen molar-refractivity contribution in [2.24, 2.45) is 11.3 Å². The van der Waals surface area contributed by atoms with E-state index >= 15 is 0 Å². The molecule has 1 aliphatic heterocycles. The van der Waals surface area contributed by atoms with E-state index < -0.39 is 0 Å². The summed E-state index contributed by atoms with van der Waals surface area (Å²) in [5.74, 6) is 0.889. The SMILES string of the molecule is CC1(C)CCCC1NC1CCCCC1C1CCCCN1. The molecule has 0 amide bonds. The molecule has 0 aromatic rings. The Balaban J connectivity index is 1.63. The summed E-state index contributed by atoms with van der Waals surface area (Å²) in [7, 11) is 0. The molecule has 2 heteroatoms. The zero-order valence-corrected chi connectivity index (χ0v) is 13.6. The zero-order valence-electron chi connectivity index (χ0n) is 13.6. The minimum Gasteiger partial charge on any atom is -0.314 e. The van der Waals surface area contributed by atoms with Crippen molar-refractivity contribution in [2.45, 2.75) is 96.2 Å². The molecule has 0 spiro atoms. The summed E-state index contributed by atoms with van der Waals surface area (Å²) >= 11 is 0. The van der Waals surface area contributed by atoms with Gasteiger partial charge in [-0.05, 0) is 56.4 Å². The number of rotatable bonds is 3. The molecule has 20 heavy (non-hydrogen) atoms. The average Bonchev–Trinajstić information content (AvgIpc) is 2.80. The van der Waals surface area contributed by atoms with Crippen LogP contribution in [-0.2, 0) is 0 Å². The first-order valence-corrected chi connectivity index (χ1v) is 9.16. The molecular weight excluding hydrogens is 244 g/mol. The number of hydrogen-bond acceptors (Lipinski definition) is 2. The Morgan fingerprint density at radius 1 is 0.900 bits per heavy atom. The van der Waals surface area contributed by atoms with E-state index in [0.717, 1.165) is 24.0 Å². The summed E-state index contributed by atoms with van der Waals surface area (Å²) in [5.41, 5.74) is 0.516. The Hall–Kier alpha value is -0.0800. The highest BCUT2D eigenvalue weighted by atomic mass is 15.0. The van der Waals surface area contributed by atoms with Crippen molar-refractivity contribution in [1.29, 1.82) is 0 Å². The second kappa shape index (κ2) is 6.36. The van der Waals surface area contributed by atoms with E-state index in [1.165, 1.54) is 70.8 Å². The quantitative estimate of drug-likeness (QED) is 0.819. The van der Waals surface area contributed by atoms with Crippen LogP contribution in [0.25, 0.3) is 0 Å². The smallest absolute Gasteiger partial charge is 0.0121 e. The predicted molar refractivity (Wildman–Crippen MR) is 85.9 cm³/mol. The van der Waals surface area contributed by atoms with E-state index in [2.05, 4.69) is 24.5 Å². The van der Waals surface area contributed by atoms with Gasteiger partial charge in [0.25, 0.3) is 0 Å². The van der Waals surface area contributed by atoms with Crippen LogP contribution in [-0.4, -0.2) is 24.7 Å². The van der Waals surface area contributed by atoms with Gasteiger partial charge in [-0.3, -0.25) is 0 Å². The van der Waals surface area contributed by atoms with Crippen LogP contribution in [0.15, 0.2) is 0 Å². The van der Waals surface area contributed by atoms with Crippen LogP contribution in [0.5, 0.6) is 0 Å². The van der Waals surface area contributed by atoms with Crippen LogP contribution in [0.2, 0.25) is 0 Å². The van der Waals surface area contributed by atoms with Gasteiger partial charge in [0.05, 0.1) is 0 Å². The molecule has 2 saturated carbocycles. The molecule has 3 fully saturated rings. The van der Waals surface area contributed by atoms with E-state index in [1.807, 2.05) is 0 Å². The van der Waals surface area contributed by atoms with E-state index in [4.69, 9.17) is 0 Å². The molecule has 116 valence electrons. The third kappa shape index (κ3) is 3.22. The Bertz CT molecular complexity index is 307. The summed E-state index contributed by atoms with van der Waals surface area (Å²) in [6, 6.07) is 2.34. The van der Waals surface area contributed by atoms with Gasteiger partial charge in [-0.15, -0.1) is 0 Å². The number of hydrogen-bond donors (Lipinski definition) is 2. The molecule has 4 unspecified atom stereocenters. The molecule has 1 saturated heterocycles. The monoisotopic (exact) mass is 278 g/mol. The lowest BCUT2D eigenvalue weighted by atomic mass is 9.76. The largest absolute Gasteiger partial charge is 0.314 e. The first-order chi connectivity index (χ1) is 9.67. The zero-order chi connectivity index (χ0) is 14.0. The van der Waals surface area contributed by atoms with Crippen LogP contribution < -0.4 is 10.6 Å². The lowest BCUT2D eigenvalue weighted by Crippen LogP contribution is -2.54. The van der Waals surface area contributed by atoms with Gasteiger partial charge in [0.1, 0.15) is 0 Å². The maximum atomic E-state index is 4.12. The van der Waals surface area contributed by atoms with Crippen molar-refractivity contribution in [3.05, 3.63) is 0 Å². The molecule has 4 atom stereocenters. The fraction of sp³-hybridized carbons (Fsp3) is 1.00. The van der Waals surface area contributed by atoms with Crippen molar-refractivity contribution in [2.75, 3.05) is 6.54 Å². The normalized spacial score (nSPS) is 41.7. The Morgan fingerprint density at radius 3 is 2.40 bits per heavy atom. The van der Waals surface area contributed by atoms with Crippen LogP contribution in [0, 0.1) is 11.3 Å². The highest BCUT2D eigenvalue weighted by molar-refractivity contribution is 4.97. The van der Waals surface area contributed by atoms with Crippen molar-refractivity contribution >= 4 is 0 Å². The molecule has 2 N–H and O–H groups in total. The van der Waals surface area contributed by atoms with Crippen LogP contribution in [0.3, 0.4) is 0 Å². The van der Waals surface area contributed by atoms with E-state index in [1.54, 1.807) is 0 Å². The lowest BCUT2D eigenvalue weighted by Gasteiger charge is -2.43. The molecule has 3 rings (SSSR count). The van der Waals surface area contributed by atoms with Crippen molar-refractivity contribution in [3.63, 3.8) is 0 Å². The maximum absolute atomic E-state index is 4.12. The van der Waals surface area contributed by atoms with Gasteiger partial charge in [0.2, 0.25) is 0 Å². The Kier molecular flexibility index (Phi) is 4.72. The molecular formula is C18H34N2. The van der Waals surface area contributed by atoms with Crippen molar-refractivity contribution in [1.82, 2.24) is 10.6 Å². The molecule has 0 radical (unpaired) electrons. The van der Waals surface area contributed by atoms with Crippen molar-refractivity contribution < 1.29 is 0 Å². The molecule has 1 heterocycles. The molecule has 2 aliphatic carbocycles. The lowest BCUT2D eigenvalue weighted by molar-refractivity contribution is 0.149. The second-order valence-corrected chi connectivity index (χ2v) is 8.21. The molecule has 3 aliphatic rings. The highest BCUT2D eigenvalue weighted by Gasteiger charge is 2.39. The highest BCUT2D eigenvalue weighted by Crippen LogP contribution is 2.39. The summed E-state index contributed by atoms with van der Waals surface area (Å²) in [4.78, 5) is 0. The standard InChI is InChI=1S/C18H34N2/c1-18(2)12-7-11-17(18)20-16-10-4-3-8-14(16)15-9-5-6-13-19-15/h14-17,19-20H,3-13H2,1-2H3. The van der Waals surface area contributed by atoms with E-state index in [9.17, 15) is 0 Å². The van der Waals surface area contributed by atoms with Crippen molar-refractivity contribution in [3.8, 4) is 0 Å². The second-order valence-electron chi connectivity index (χ2n) is 8.21. The van der Waals surface area contributed by atoms with Crippen LogP contribution in [0.4, 0.5) is 0 Å². The van der Waals surface area contributed by atoms with Crippen LogP contribution >= 0.6 is 0 Å². The maximum Gasteiger partial charge on any atom is 0.0121 e. The topological polar surface area (TPSA) is 24.1 Å². The number of piperidine rings is 1. The Morgan fingerprint density at radius 2 is 1.70 bits per heavy atom. The van der Waals surface area contributed by atoms with Gasteiger partial charge in [-0.25, -0.2) is 0 Å². The summed E-state index contributed by atoms with van der Waals surface area (Å²) in [6.07, 6.45) is 14.2. The van der Waals surface area contributed by atoms with Gasteiger partial charge in [-0.2, -0.15) is 0 Å². The third-order valence-corrected chi connectivity index (χ3v) is 6.36. The molecule has 0 aromatic heterocycles. The predicted octanol–water partition coefficient (Wildman–Crippen LogP) is 3.86. The van der Waals surface area contributed by atoms with Crippen LogP contribution in [0.1, 0.15) is 78.1 Å². The number of nitrogens with one attached hydrogen (secondary N) is 2. The molecule has 0 aromatic carbocycles. The minimum absolute atomic E-state index is 0.516. The Labute approximate surface area is 125 Å². The summed E-state index contributed by atoms with van der Waals surface area (Å²) in [5, 5.41) is 7.94. The minimum atomic E-state index is 0.516. The van der Waals surface area contributed by atoms with Gasteiger partial charge in [-0.1, -0.05) is 39.5 Å². The summed E-state index contributed by atoms with van der Waals surface area (Å²) < 4.78 is 0. The fourth-order valence-electron chi connectivity index (χ4n) is 4.99.